The molecular weight excluding hydrogens is 270 g/mol. The fourth-order valence-corrected chi connectivity index (χ4v) is 3.22. The lowest BCUT2D eigenvalue weighted by molar-refractivity contribution is 0.580. The lowest BCUT2D eigenvalue weighted by atomic mass is 10.1. The van der Waals surface area contributed by atoms with Crippen molar-refractivity contribution in [2.75, 3.05) is 6.54 Å². The third kappa shape index (κ3) is 4.47. The average Bonchev–Trinajstić information content (AvgIpc) is 2.41. The van der Waals surface area contributed by atoms with Crippen molar-refractivity contribution in [3.05, 3.63) is 71.3 Å². The van der Waals surface area contributed by atoms with Crippen LogP contribution < -0.4 is 4.72 Å². The van der Waals surface area contributed by atoms with Crippen molar-refractivity contribution >= 4 is 10.0 Å². The van der Waals surface area contributed by atoms with Crippen LogP contribution in [0.25, 0.3) is 0 Å². The van der Waals surface area contributed by atoms with E-state index in [1.807, 2.05) is 61.5 Å². The Morgan fingerprint density at radius 2 is 1.60 bits per heavy atom. The summed E-state index contributed by atoms with van der Waals surface area (Å²) in [6.45, 7) is 2.47. The second-order valence-corrected chi connectivity index (χ2v) is 6.62. The molecule has 1 N–H and O–H groups in total. The standard InChI is InChI=1S/C16H19NO2S/c1-14-7-5-6-10-16(14)11-12-17-20(18,19)13-15-8-3-2-4-9-15/h2-10,17H,11-13H2,1H3. The van der Waals surface area contributed by atoms with E-state index < -0.39 is 10.0 Å². The summed E-state index contributed by atoms with van der Waals surface area (Å²) in [7, 11) is -3.27. The molecule has 0 aliphatic heterocycles. The van der Waals surface area contributed by atoms with Crippen LogP contribution in [0.4, 0.5) is 0 Å². The van der Waals surface area contributed by atoms with Gasteiger partial charge in [-0.3, -0.25) is 0 Å². The van der Waals surface area contributed by atoms with E-state index in [2.05, 4.69) is 4.72 Å². The number of sulfonamides is 1. The molecule has 0 radical (unpaired) electrons. The molecule has 0 saturated heterocycles. The Labute approximate surface area is 120 Å². The van der Waals surface area contributed by atoms with E-state index in [-0.39, 0.29) is 5.75 Å². The van der Waals surface area contributed by atoms with E-state index in [1.54, 1.807) is 0 Å². The van der Waals surface area contributed by atoms with Gasteiger partial charge in [0.2, 0.25) is 10.0 Å². The molecule has 0 spiro atoms. The number of hydrogen-bond donors (Lipinski definition) is 1. The van der Waals surface area contributed by atoms with Gasteiger partial charge < -0.3 is 0 Å². The van der Waals surface area contributed by atoms with E-state index in [4.69, 9.17) is 0 Å². The van der Waals surface area contributed by atoms with E-state index in [1.165, 1.54) is 11.1 Å². The first-order valence-corrected chi connectivity index (χ1v) is 8.28. The van der Waals surface area contributed by atoms with Gasteiger partial charge in [-0.15, -0.1) is 0 Å². The van der Waals surface area contributed by atoms with Crippen LogP contribution in [0.2, 0.25) is 0 Å². The molecule has 0 saturated carbocycles. The van der Waals surface area contributed by atoms with Crippen molar-refractivity contribution in [1.29, 1.82) is 0 Å². The summed E-state index contributed by atoms with van der Waals surface area (Å²) in [4.78, 5) is 0. The molecule has 0 heterocycles. The zero-order valence-electron chi connectivity index (χ0n) is 11.5. The molecule has 20 heavy (non-hydrogen) atoms. The molecule has 2 aromatic carbocycles. The fourth-order valence-electron chi connectivity index (χ4n) is 2.08. The van der Waals surface area contributed by atoms with Crippen LogP contribution in [0.1, 0.15) is 16.7 Å². The molecular formula is C16H19NO2S. The Morgan fingerprint density at radius 3 is 2.30 bits per heavy atom. The molecule has 2 aromatic rings. The number of rotatable bonds is 6. The molecule has 0 fully saturated rings. The third-order valence-corrected chi connectivity index (χ3v) is 4.53. The SMILES string of the molecule is Cc1ccccc1CCNS(=O)(=O)Cc1ccccc1. The van der Waals surface area contributed by atoms with E-state index >= 15 is 0 Å². The van der Waals surface area contributed by atoms with Crippen molar-refractivity contribution in [2.45, 2.75) is 19.1 Å². The van der Waals surface area contributed by atoms with Crippen molar-refractivity contribution in [2.24, 2.45) is 0 Å². The Bertz CT molecular complexity index is 651. The molecule has 0 amide bonds. The molecule has 0 bridgehead atoms. The van der Waals surface area contributed by atoms with Gasteiger partial charge in [0.05, 0.1) is 5.75 Å². The number of nitrogens with one attached hydrogen (secondary N) is 1. The lowest BCUT2D eigenvalue weighted by Crippen LogP contribution is -2.27. The van der Waals surface area contributed by atoms with E-state index in [0.29, 0.717) is 13.0 Å². The van der Waals surface area contributed by atoms with Gasteiger partial charge >= 0.3 is 0 Å². The summed E-state index contributed by atoms with van der Waals surface area (Å²) in [5.41, 5.74) is 3.17. The van der Waals surface area contributed by atoms with Crippen LogP contribution in [-0.4, -0.2) is 15.0 Å². The molecule has 2 rings (SSSR count). The zero-order chi connectivity index (χ0) is 14.4. The van der Waals surface area contributed by atoms with Gasteiger partial charge in [0, 0.05) is 6.54 Å². The minimum atomic E-state index is -3.27. The van der Waals surface area contributed by atoms with Crippen LogP contribution in [-0.2, 0) is 22.2 Å². The van der Waals surface area contributed by atoms with E-state index in [9.17, 15) is 8.42 Å². The first-order valence-electron chi connectivity index (χ1n) is 6.62. The molecule has 106 valence electrons. The highest BCUT2D eigenvalue weighted by atomic mass is 32.2. The highest BCUT2D eigenvalue weighted by Crippen LogP contribution is 2.08. The topological polar surface area (TPSA) is 46.2 Å². The van der Waals surface area contributed by atoms with Crippen LogP contribution in [0.15, 0.2) is 54.6 Å². The van der Waals surface area contributed by atoms with Gasteiger partial charge in [-0.25, -0.2) is 13.1 Å². The summed E-state index contributed by atoms with van der Waals surface area (Å²) in [5, 5.41) is 0. The summed E-state index contributed by atoms with van der Waals surface area (Å²) >= 11 is 0. The van der Waals surface area contributed by atoms with Crippen LogP contribution in [0.5, 0.6) is 0 Å². The van der Waals surface area contributed by atoms with Gasteiger partial charge in [0.15, 0.2) is 0 Å². The first-order chi connectivity index (χ1) is 9.57. The third-order valence-electron chi connectivity index (χ3n) is 3.18. The van der Waals surface area contributed by atoms with Gasteiger partial charge in [-0.05, 0) is 30.0 Å². The maximum atomic E-state index is 12.0. The summed E-state index contributed by atoms with van der Waals surface area (Å²) in [6, 6.07) is 17.2. The zero-order valence-corrected chi connectivity index (χ0v) is 12.4. The van der Waals surface area contributed by atoms with Crippen molar-refractivity contribution in [3.8, 4) is 0 Å². The molecule has 0 aliphatic carbocycles. The van der Waals surface area contributed by atoms with Gasteiger partial charge in [0.1, 0.15) is 0 Å². The van der Waals surface area contributed by atoms with E-state index in [0.717, 1.165) is 5.56 Å². The Kier molecular flexibility index (Phi) is 4.93. The molecule has 0 unspecified atom stereocenters. The molecule has 3 nitrogen and oxygen atoms in total. The van der Waals surface area contributed by atoms with Gasteiger partial charge in [0.25, 0.3) is 0 Å². The Balaban J connectivity index is 1.89. The van der Waals surface area contributed by atoms with Crippen LogP contribution in [0.3, 0.4) is 0 Å². The Hall–Kier alpha value is -1.65. The lowest BCUT2D eigenvalue weighted by Gasteiger charge is -2.08. The molecule has 0 atom stereocenters. The summed E-state index contributed by atoms with van der Waals surface area (Å²) in [5.74, 6) is 0.0294. The maximum Gasteiger partial charge on any atom is 0.215 e. The largest absolute Gasteiger partial charge is 0.215 e. The van der Waals surface area contributed by atoms with Crippen LogP contribution >= 0.6 is 0 Å². The van der Waals surface area contributed by atoms with Crippen LogP contribution in [0, 0.1) is 6.92 Å². The second kappa shape index (κ2) is 6.68. The number of benzene rings is 2. The van der Waals surface area contributed by atoms with Gasteiger partial charge in [-0.2, -0.15) is 0 Å². The smallest absolute Gasteiger partial charge is 0.215 e. The minimum Gasteiger partial charge on any atom is -0.215 e. The number of hydrogen-bond acceptors (Lipinski definition) is 2. The summed E-state index contributed by atoms with van der Waals surface area (Å²) in [6.07, 6.45) is 0.709. The molecule has 0 aromatic heterocycles. The highest BCUT2D eigenvalue weighted by molar-refractivity contribution is 7.88. The van der Waals surface area contributed by atoms with Crippen molar-refractivity contribution < 1.29 is 8.42 Å². The fraction of sp³-hybridized carbons (Fsp3) is 0.250. The minimum absolute atomic E-state index is 0.0294. The molecule has 0 aliphatic rings. The van der Waals surface area contributed by atoms with Gasteiger partial charge in [-0.1, -0.05) is 54.6 Å². The number of aryl methyl sites for hydroxylation is 1. The average molecular weight is 289 g/mol. The molecule has 4 heteroatoms. The monoisotopic (exact) mass is 289 g/mol. The van der Waals surface area contributed by atoms with Crippen molar-refractivity contribution in [1.82, 2.24) is 4.72 Å². The normalized spacial score (nSPS) is 11.4. The summed E-state index contributed by atoms with van der Waals surface area (Å²) < 4.78 is 26.6. The quantitative estimate of drug-likeness (QED) is 0.888. The predicted molar refractivity (Wildman–Crippen MR) is 82.0 cm³/mol. The second-order valence-electron chi connectivity index (χ2n) is 4.82. The highest BCUT2D eigenvalue weighted by Gasteiger charge is 2.10. The predicted octanol–water partition coefficient (Wildman–Crippen LogP) is 2.66. The van der Waals surface area contributed by atoms with Crippen molar-refractivity contribution in [3.63, 3.8) is 0 Å². The maximum absolute atomic E-state index is 12.0. The first kappa shape index (κ1) is 14.8. The Morgan fingerprint density at radius 1 is 0.950 bits per heavy atom.